The van der Waals surface area contributed by atoms with Crippen LogP contribution in [0.5, 0.6) is 11.5 Å². The maximum Gasteiger partial charge on any atom is 0.331 e. The van der Waals surface area contributed by atoms with E-state index in [9.17, 15) is 14.4 Å². The monoisotopic (exact) mass is 512 g/mol. The van der Waals surface area contributed by atoms with Gasteiger partial charge in [0.15, 0.2) is 11.5 Å². The summed E-state index contributed by atoms with van der Waals surface area (Å²) in [5.74, 6) is 0.888. The molecule has 2 aromatic heterocycles. The van der Waals surface area contributed by atoms with Gasteiger partial charge in [-0.25, -0.2) is 9.78 Å². The Morgan fingerprint density at radius 2 is 1.84 bits per heavy atom. The Morgan fingerprint density at radius 3 is 2.65 bits per heavy atom. The van der Waals surface area contributed by atoms with Gasteiger partial charge in [0.2, 0.25) is 0 Å². The van der Waals surface area contributed by atoms with Crippen LogP contribution in [0.15, 0.2) is 60.8 Å². The number of nitrogens with zero attached hydrogens (tertiary/aromatic N) is 2. The molecule has 3 amide bonds. The number of amides is 3. The zero-order chi connectivity index (χ0) is 25.5. The molecule has 1 atom stereocenters. The third-order valence-corrected chi connectivity index (χ3v) is 7.83. The molecule has 3 heterocycles. The van der Waals surface area contributed by atoms with Crippen molar-refractivity contribution in [3.8, 4) is 11.5 Å². The predicted molar refractivity (Wildman–Crippen MR) is 143 cm³/mol. The number of urea groups is 1. The van der Waals surface area contributed by atoms with Crippen molar-refractivity contribution in [3.05, 3.63) is 71.2 Å². The molecule has 37 heavy (non-hydrogen) atoms. The lowest BCUT2D eigenvalue weighted by Gasteiger charge is -2.29. The third kappa shape index (κ3) is 4.11. The number of hydrogen-bond donors (Lipinski definition) is 2. The van der Waals surface area contributed by atoms with Gasteiger partial charge in [-0.05, 0) is 49.6 Å². The van der Waals surface area contributed by atoms with Crippen molar-refractivity contribution >= 4 is 56.3 Å². The standard InChI is InChI=1S/C28H24N4O4S/c1-16-8-2-6-12-21(16)36-22-13-7-4-10-18(22)32-19-14-15-29-27-23(19)24(31-28(32)35)25(37-27)26(34)30-17-9-3-5-11-20(17)33/h2,4,6-8,10,12-15,17H,3,5,9,11H2,1H3,(H,30,34)(H,31,35). The van der Waals surface area contributed by atoms with Crippen molar-refractivity contribution < 1.29 is 19.1 Å². The van der Waals surface area contributed by atoms with E-state index in [2.05, 4.69) is 15.6 Å². The lowest BCUT2D eigenvalue weighted by Crippen LogP contribution is -2.42. The summed E-state index contributed by atoms with van der Waals surface area (Å²) in [4.78, 5) is 46.0. The zero-order valence-corrected chi connectivity index (χ0v) is 20.9. The van der Waals surface area contributed by atoms with Crippen LogP contribution in [-0.4, -0.2) is 28.7 Å². The summed E-state index contributed by atoms with van der Waals surface area (Å²) in [6.07, 6.45) is 4.49. The second-order valence-electron chi connectivity index (χ2n) is 9.16. The van der Waals surface area contributed by atoms with E-state index in [-0.39, 0.29) is 11.7 Å². The Balaban J connectivity index is 1.40. The maximum absolute atomic E-state index is 13.5. The highest BCUT2D eigenvalue weighted by molar-refractivity contribution is 7.21. The van der Waals surface area contributed by atoms with Crippen LogP contribution in [-0.2, 0) is 4.79 Å². The molecule has 2 aliphatic rings. The van der Waals surface area contributed by atoms with Crippen LogP contribution in [0.25, 0.3) is 10.2 Å². The van der Waals surface area contributed by atoms with Crippen LogP contribution in [0.3, 0.4) is 0 Å². The second kappa shape index (κ2) is 9.33. The van der Waals surface area contributed by atoms with E-state index in [0.29, 0.717) is 56.5 Å². The molecule has 9 heteroatoms. The summed E-state index contributed by atoms with van der Waals surface area (Å²) in [5.41, 5.74) is 2.56. The molecule has 2 aromatic carbocycles. The average Bonchev–Trinajstić information content (AvgIpc) is 3.27. The van der Waals surface area contributed by atoms with Gasteiger partial charge in [-0.15, -0.1) is 11.3 Å². The molecule has 1 unspecified atom stereocenters. The molecule has 1 fully saturated rings. The van der Waals surface area contributed by atoms with Crippen molar-refractivity contribution in [1.82, 2.24) is 10.3 Å². The zero-order valence-electron chi connectivity index (χ0n) is 20.1. The molecule has 1 aliphatic carbocycles. The normalized spacial score (nSPS) is 17.0. The highest BCUT2D eigenvalue weighted by Gasteiger charge is 2.35. The van der Waals surface area contributed by atoms with Gasteiger partial charge in [0.1, 0.15) is 15.5 Å². The molecule has 0 spiro atoms. The van der Waals surface area contributed by atoms with Gasteiger partial charge in [0.05, 0.1) is 28.5 Å². The second-order valence-corrected chi connectivity index (χ2v) is 10.2. The summed E-state index contributed by atoms with van der Waals surface area (Å²) in [7, 11) is 0. The van der Waals surface area contributed by atoms with Crippen molar-refractivity contribution in [2.45, 2.75) is 38.6 Å². The molecule has 6 rings (SSSR count). The first kappa shape index (κ1) is 23.2. The van der Waals surface area contributed by atoms with Crippen LogP contribution >= 0.6 is 11.3 Å². The van der Waals surface area contributed by atoms with E-state index in [1.807, 2.05) is 55.5 Å². The number of carbonyl (C=O) groups excluding carboxylic acids is 3. The van der Waals surface area contributed by atoms with Gasteiger partial charge in [-0.3, -0.25) is 14.5 Å². The Labute approximate surface area is 217 Å². The van der Waals surface area contributed by atoms with Crippen molar-refractivity contribution in [2.75, 3.05) is 10.2 Å². The number of anilines is 3. The average molecular weight is 513 g/mol. The summed E-state index contributed by atoms with van der Waals surface area (Å²) in [6.45, 7) is 1.96. The highest BCUT2D eigenvalue weighted by atomic mass is 32.1. The van der Waals surface area contributed by atoms with Gasteiger partial charge in [0, 0.05) is 12.6 Å². The first-order valence-corrected chi connectivity index (χ1v) is 13.0. The topological polar surface area (TPSA) is 101 Å². The minimum absolute atomic E-state index is 0.0497. The molecule has 2 N–H and O–H groups in total. The first-order chi connectivity index (χ1) is 18.0. The van der Waals surface area contributed by atoms with Crippen LogP contribution in [0, 0.1) is 6.92 Å². The number of benzene rings is 2. The SMILES string of the molecule is Cc1ccccc1Oc1ccccc1N1C(=O)Nc2c(C(=O)NC3CCCCC3=O)sc3nccc1c23. The maximum atomic E-state index is 13.5. The van der Waals surface area contributed by atoms with Crippen molar-refractivity contribution in [2.24, 2.45) is 0 Å². The summed E-state index contributed by atoms with van der Waals surface area (Å²) in [6, 6.07) is 15.9. The van der Waals surface area contributed by atoms with Crippen LogP contribution in [0.2, 0.25) is 0 Å². The Bertz CT molecular complexity index is 1560. The minimum Gasteiger partial charge on any atom is -0.455 e. The van der Waals surface area contributed by atoms with E-state index in [1.165, 1.54) is 11.3 Å². The molecule has 8 nitrogen and oxygen atoms in total. The van der Waals surface area contributed by atoms with E-state index >= 15 is 0 Å². The smallest absolute Gasteiger partial charge is 0.331 e. The summed E-state index contributed by atoms with van der Waals surface area (Å²) in [5, 5.41) is 6.46. The molecule has 0 saturated heterocycles. The number of aromatic nitrogens is 1. The number of Topliss-reactive ketones (excluding diaryl/α,β-unsaturated/α-hetero) is 1. The van der Waals surface area contributed by atoms with E-state index in [0.717, 1.165) is 18.4 Å². The predicted octanol–water partition coefficient (Wildman–Crippen LogP) is 6.32. The molecule has 186 valence electrons. The van der Waals surface area contributed by atoms with Gasteiger partial charge < -0.3 is 15.4 Å². The molecule has 1 saturated carbocycles. The number of aryl methyl sites for hydroxylation is 1. The number of ether oxygens (including phenoxy) is 1. The lowest BCUT2D eigenvalue weighted by molar-refractivity contribution is -0.122. The largest absolute Gasteiger partial charge is 0.455 e. The number of hydrogen-bond acceptors (Lipinski definition) is 6. The van der Waals surface area contributed by atoms with E-state index in [1.54, 1.807) is 17.2 Å². The Morgan fingerprint density at radius 1 is 1.05 bits per heavy atom. The van der Waals surface area contributed by atoms with Crippen LogP contribution in [0.1, 0.15) is 40.9 Å². The van der Waals surface area contributed by atoms with E-state index < -0.39 is 12.1 Å². The number of pyridine rings is 1. The number of rotatable bonds is 5. The fourth-order valence-electron chi connectivity index (χ4n) is 4.86. The molecular weight excluding hydrogens is 488 g/mol. The molecular formula is C28H24N4O4S. The first-order valence-electron chi connectivity index (χ1n) is 12.2. The molecule has 1 aliphatic heterocycles. The van der Waals surface area contributed by atoms with E-state index in [4.69, 9.17) is 4.74 Å². The molecule has 0 bridgehead atoms. The number of carbonyl (C=O) groups is 3. The van der Waals surface area contributed by atoms with Crippen molar-refractivity contribution in [1.29, 1.82) is 0 Å². The number of nitrogens with one attached hydrogen (secondary N) is 2. The van der Waals surface area contributed by atoms with Gasteiger partial charge in [0.25, 0.3) is 5.91 Å². The quantitative estimate of drug-likeness (QED) is 0.326. The minimum atomic E-state index is -0.493. The summed E-state index contributed by atoms with van der Waals surface area (Å²) >= 11 is 1.20. The van der Waals surface area contributed by atoms with Gasteiger partial charge >= 0.3 is 6.03 Å². The third-order valence-electron chi connectivity index (χ3n) is 6.73. The lowest BCUT2D eigenvalue weighted by atomic mass is 9.94. The molecule has 4 aromatic rings. The highest BCUT2D eigenvalue weighted by Crippen LogP contribution is 2.47. The van der Waals surface area contributed by atoms with Gasteiger partial charge in [-0.1, -0.05) is 36.8 Å². The van der Waals surface area contributed by atoms with Crippen molar-refractivity contribution in [3.63, 3.8) is 0 Å². The summed E-state index contributed by atoms with van der Waals surface area (Å²) < 4.78 is 6.23. The Kier molecular flexibility index (Phi) is 5.84. The van der Waals surface area contributed by atoms with Crippen LogP contribution in [0.4, 0.5) is 21.9 Å². The number of para-hydroxylation sites is 3. The Hall–Kier alpha value is -4.24. The van der Waals surface area contributed by atoms with Crippen LogP contribution < -0.4 is 20.3 Å². The fourth-order valence-corrected chi connectivity index (χ4v) is 5.88. The van der Waals surface area contributed by atoms with Gasteiger partial charge in [-0.2, -0.15) is 0 Å². The number of ketones is 1. The molecule has 0 radical (unpaired) electrons. The fraction of sp³-hybridized carbons (Fsp3) is 0.214. The number of thiophene rings is 1.